The molecule has 148 valence electrons. The molecule has 4 heterocycles. The van der Waals surface area contributed by atoms with E-state index in [9.17, 15) is 9.59 Å². The van der Waals surface area contributed by atoms with Crippen LogP contribution in [0.1, 0.15) is 22.5 Å². The molecule has 0 unspecified atom stereocenters. The highest BCUT2D eigenvalue weighted by atomic mass is 16.5. The van der Waals surface area contributed by atoms with Crippen LogP contribution in [-0.2, 0) is 16.1 Å². The lowest BCUT2D eigenvalue weighted by atomic mass is 10.1. The Labute approximate surface area is 167 Å². The van der Waals surface area contributed by atoms with Crippen molar-refractivity contribution in [3.8, 4) is 0 Å². The van der Waals surface area contributed by atoms with Crippen LogP contribution in [-0.4, -0.2) is 68.1 Å². The zero-order chi connectivity index (χ0) is 19.8. The average molecular weight is 391 g/mol. The summed E-state index contributed by atoms with van der Waals surface area (Å²) >= 11 is 0. The zero-order valence-electron chi connectivity index (χ0n) is 15.8. The first-order valence-electron chi connectivity index (χ1n) is 9.74. The number of carbonyl (C=O) groups is 2. The molecule has 0 saturated carbocycles. The summed E-state index contributed by atoms with van der Waals surface area (Å²) in [5.41, 5.74) is 2.04. The molecule has 2 aromatic heterocycles. The summed E-state index contributed by atoms with van der Waals surface area (Å²) in [5, 5.41) is 4.34. The van der Waals surface area contributed by atoms with Crippen molar-refractivity contribution >= 4 is 17.5 Å². The number of aromatic nitrogens is 3. The van der Waals surface area contributed by atoms with Crippen LogP contribution in [0.2, 0.25) is 0 Å². The molecule has 0 radical (unpaired) electrons. The van der Waals surface area contributed by atoms with Crippen molar-refractivity contribution in [2.75, 3.05) is 19.7 Å². The minimum Gasteiger partial charge on any atom is -0.374 e. The summed E-state index contributed by atoms with van der Waals surface area (Å²) in [4.78, 5) is 33.6. The fraction of sp³-hybridized carbons (Fsp3) is 0.333. The molecule has 8 heteroatoms. The number of ether oxygens (including phenoxy) is 1. The number of amides is 2. The molecule has 2 fully saturated rings. The highest BCUT2D eigenvalue weighted by molar-refractivity contribution is 5.93. The molecule has 29 heavy (non-hydrogen) atoms. The van der Waals surface area contributed by atoms with Gasteiger partial charge in [0.15, 0.2) is 11.3 Å². The Bertz CT molecular complexity index is 1020. The molecule has 0 N–H and O–H groups in total. The van der Waals surface area contributed by atoms with Crippen LogP contribution >= 0.6 is 0 Å². The van der Waals surface area contributed by atoms with Crippen molar-refractivity contribution in [2.24, 2.45) is 0 Å². The van der Waals surface area contributed by atoms with Gasteiger partial charge in [-0.05, 0) is 11.6 Å². The van der Waals surface area contributed by atoms with E-state index in [1.165, 1.54) is 0 Å². The Kier molecular flexibility index (Phi) is 4.48. The topological polar surface area (TPSA) is 80.0 Å². The highest BCUT2D eigenvalue weighted by Crippen LogP contribution is 2.26. The minimum absolute atomic E-state index is 0.0626. The Balaban J connectivity index is 1.38. The Hall–Kier alpha value is -3.26. The third-order valence-electron chi connectivity index (χ3n) is 5.54. The Morgan fingerprint density at radius 1 is 1.17 bits per heavy atom. The highest BCUT2D eigenvalue weighted by Gasteiger charge is 2.43. The van der Waals surface area contributed by atoms with Crippen molar-refractivity contribution in [3.63, 3.8) is 0 Å². The predicted octanol–water partition coefficient (Wildman–Crippen LogP) is 1.37. The molecule has 2 amide bonds. The van der Waals surface area contributed by atoms with E-state index in [0.717, 1.165) is 5.56 Å². The maximum atomic E-state index is 13.1. The van der Waals surface area contributed by atoms with Gasteiger partial charge in [0.1, 0.15) is 0 Å². The molecule has 0 aliphatic carbocycles. The van der Waals surface area contributed by atoms with Gasteiger partial charge in [0, 0.05) is 38.1 Å². The molecule has 2 aliphatic heterocycles. The lowest BCUT2D eigenvalue weighted by Crippen LogP contribution is -2.45. The van der Waals surface area contributed by atoms with E-state index in [4.69, 9.17) is 4.74 Å². The van der Waals surface area contributed by atoms with Gasteiger partial charge in [0.05, 0.1) is 25.2 Å². The van der Waals surface area contributed by atoms with Crippen LogP contribution in [0.4, 0.5) is 0 Å². The smallest absolute Gasteiger partial charge is 0.274 e. The second-order valence-electron chi connectivity index (χ2n) is 7.40. The molecule has 3 aromatic rings. The van der Waals surface area contributed by atoms with E-state index < -0.39 is 0 Å². The monoisotopic (exact) mass is 391 g/mol. The first-order valence-corrected chi connectivity index (χ1v) is 9.74. The first kappa shape index (κ1) is 17.8. The molecule has 1 aromatic carbocycles. The first-order chi connectivity index (χ1) is 14.2. The third-order valence-corrected chi connectivity index (χ3v) is 5.54. The molecular formula is C21H21N5O3. The van der Waals surface area contributed by atoms with Crippen molar-refractivity contribution in [2.45, 2.75) is 25.1 Å². The normalized spacial score (nSPS) is 22.0. The number of hydrogen-bond donors (Lipinski definition) is 0. The second kappa shape index (κ2) is 7.29. The van der Waals surface area contributed by atoms with E-state index in [2.05, 4.69) is 10.1 Å². The summed E-state index contributed by atoms with van der Waals surface area (Å²) in [5.74, 6) is -0.105. The predicted molar refractivity (Wildman–Crippen MR) is 104 cm³/mol. The Morgan fingerprint density at radius 2 is 2.03 bits per heavy atom. The van der Waals surface area contributed by atoms with Gasteiger partial charge in [-0.25, -0.2) is 9.50 Å². The summed E-state index contributed by atoms with van der Waals surface area (Å²) in [6, 6.07) is 13.2. The summed E-state index contributed by atoms with van der Waals surface area (Å²) in [6.45, 7) is 1.78. The molecule has 2 aliphatic rings. The zero-order valence-corrected chi connectivity index (χ0v) is 15.8. The molecule has 2 saturated heterocycles. The van der Waals surface area contributed by atoms with Crippen LogP contribution in [0.5, 0.6) is 0 Å². The van der Waals surface area contributed by atoms with Crippen LogP contribution in [0.15, 0.2) is 54.9 Å². The fourth-order valence-electron chi connectivity index (χ4n) is 4.09. The summed E-state index contributed by atoms with van der Waals surface area (Å²) in [6.07, 6.45) is 3.60. The van der Waals surface area contributed by atoms with Gasteiger partial charge in [-0.3, -0.25) is 9.59 Å². The van der Waals surface area contributed by atoms with Gasteiger partial charge >= 0.3 is 0 Å². The van der Waals surface area contributed by atoms with Gasteiger partial charge in [-0.2, -0.15) is 5.10 Å². The summed E-state index contributed by atoms with van der Waals surface area (Å²) < 4.78 is 7.53. The summed E-state index contributed by atoms with van der Waals surface area (Å²) in [7, 11) is 0. The molecule has 2 atom stereocenters. The van der Waals surface area contributed by atoms with Crippen molar-refractivity contribution < 1.29 is 14.3 Å². The molecular weight excluding hydrogens is 370 g/mol. The van der Waals surface area contributed by atoms with Crippen molar-refractivity contribution in [1.29, 1.82) is 0 Å². The number of benzene rings is 1. The minimum atomic E-state index is -0.190. The van der Waals surface area contributed by atoms with E-state index in [1.54, 1.807) is 33.9 Å². The number of carbonyl (C=O) groups excluding carboxylic acids is 2. The Morgan fingerprint density at radius 3 is 2.86 bits per heavy atom. The number of likely N-dealkylation sites (tertiary alicyclic amines) is 1. The van der Waals surface area contributed by atoms with Crippen molar-refractivity contribution in [3.05, 3.63) is 66.1 Å². The third kappa shape index (κ3) is 3.36. The van der Waals surface area contributed by atoms with E-state index in [-0.39, 0.29) is 24.0 Å². The maximum Gasteiger partial charge on any atom is 0.274 e. The lowest BCUT2D eigenvalue weighted by Gasteiger charge is -2.29. The van der Waals surface area contributed by atoms with Crippen LogP contribution in [0, 0.1) is 0 Å². The van der Waals surface area contributed by atoms with E-state index in [1.807, 2.05) is 35.2 Å². The van der Waals surface area contributed by atoms with Gasteiger partial charge in [-0.1, -0.05) is 30.3 Å². The van der Waals surface area contributed by atoms with Crippen LogP contribution in [0.25, 0.3) is 5.65 Å². The quantitative estimate of drug-likeness (QED) is 0.674. The largest absolute Gasteiger partial charge is 0.374 e. The number of hydrogen-bond acceptors (Lipinski definition) is 5. The van der Waals surface area contributed by atoms with E-state index >= 15 is 0 Å². The van der Waals surface area contributed by atoms with E-state index in [0.29, 0.717) is 44.0 Å². The maximum absolute atomic E-state index is 13.1. The van der Waals surface area contributed by atoms with Gasteiger partial charge < -0.3 is 14.5 Å². The fourth-order valence-corrected chi connectivity index (χ4v) is 4.09. The number of nitrogens with zero attached hydrogens (tertiary/aromatic N) is 5. The van der Waals surface area contributed by atoms with Gasteiger partial charge in [-0.15, -0.1) is 0 Å². The number of fused-ring (bicyclic) bond motifs is 2. The molecule has 0 spiro atoms. The van der Waals surface area contributed by atoms with Gasteiger partial charge in [0.2, 0.25) is 5.91 Å². The average Bonchev–Trinajstić information content (AvgIpc) is 3.33. The molecule has 0 bridgehead atoms. The van der Waals surface area contributed by atoms with Gasteiger partial charge in [0.25, 0.3) is 5.91 Å². The SMILES string of the molecule is O=C(c1cc2ncccn2n1)N1C[C@@H]2OCCC(=O)N(Cc3ccccc3)[C@H]2C1. The molecule has 8 nitrogen and oxygen atoms in total. The molecule has 5 rings (SSSR count). The lowest BCUT2D eigenvalue weighted by molar-refractivity contribution is -0.133. The van der Waals surface area contributed by atoms with Crippen LogP contribution in [0.3, 0.4) is 0 Å². The second-order valence-corrected chi connectivity index (χ2v) is 7.40. The number of rotatable bonds is 3. The standard InChI is InChI=1S/C21H21N5O3/c27-20-7-10-29-18-14-24(13-17(18)25(20)12-15-5-2-1-3-6-15)21(28)16-11-19-22-8-4-9-26(19)23-16/h1-6,8-9,11,17-18H,7,10,12-14H2/t17-,18-/m0/s1. The van der Waals surface area contributed by atoms with Crippen LogP contribution < -0.4 is 0 Å². The van der Waals surface area contributed by atoms with Crippen molar-refractivity contribution in [1.82, 2.24) is 24.4 Å².